The van der Waals surface area contributed by atoms with Crippen molar-refractivity contribution >= 4 is 0 Å². The zero-order valence-corrected chi connectivity index (χ0v) is 11.3. The summed E-state index contributed by atoms with van der Waals surface area (Å²) < 4.78 is 15.2. The molecule has 104 valence electrons. The molecule has 1 aliphatic heterocycles. The van der Waals surface area contributed by atoms with Crippen LogP contribution in [0.25, 0.3) is 0 Å². The number of hydrogen-bond donors (Lipinski definition) is 2. The van der Waals surface area contributed by atoms with E-state index in [4.69, 9.17) is 24.4 Å². The maximum Gasteiger partial charge on any atom is 0.0781 e. The minimum Gasteiger partial charge on any atom is -0.394 e. The molecule has 17 heavy (non-hydrogen) atoms. The van der Waals surface area contributed by atoms with Gasteiger partial charge in [0.15, 0.2) is 0 Å². The smallest absolute Gasteiger partial charge is 0.0781 e. The Morgan fingerprint density at radius 3 is 2.00 bits per heavy atom. The van der Waals surface area contributed by atoms with Crippen LogP contribution in [-0.4, -0.2) is 61.1 Å². The number of hydrogen-bond acceptors (Lipinski definition) is 5. The molecule has 0 saturated carbocycles. The fraction of sp³-hybridized carbons (Fsp3) is 1.00. The van der Waals surface area contributed by atoms with Crippen LogP contribution in [-0.2, 0) is 14.2 Å². The van der Waals surface area contributed by atoms with Gasteiger partial charge >= 0.3 is 0 Å². The summed E-state index contributed by atoms with van der Waals surface area (Å²) in [5.74, 6) is 0. The lowest BCUT2D eigenvalue weighted by molar-refractivity contribution is -0.0620. The van der Waals surface area contributed by atoms with E-state index in [1.807, 2.05) is 6.92 Å². The zero-order valence-electron chi connectivity index (χ0n) is 11.3. The van der Waals surface area contributed by atoms with Gasteiger partial charge in [0.05, 0.1) is 50.8 Å². The van der Waals surface area contributed by atoms with Crippen LogP contribution in [0.3, 0.4) is 0 Å². The fourth-order valence-electron chi connectivity index (χ4n) is 0.800. The van der Waals surface area contributed by atoms with Crippen LogP contribution in [0, 0.1) is 0 Å². The van der Waals surface area contributed by atoms with Gasteiger partial charge in [-0.25, -0.2) is 0 Å². The van der Waals surface area contributed by atoms with Crippen LogP contribution >= 0.6 is 0 Å². The van der Waals surface area contributed by atoms with E-state index >= 15 is 0 Å². The van der Waals surface area contributed by atoms with Crippen molar-refractivity contribution in [3.63, 3.8) is 0 Å². The van der Waals surface area contributed by atoms with E-state index in [-0.39, 0.29) is 18.8 Å². The van der Waals surface area contributed by atoms with E-state index < -0.39 is 6.10 Å². The Balaban J connectivity index is 0.000000529. The first-order valence-electron chi connectivity index (χ1n) is 6.09. The van der Waals surface area contributed by atoms with Gasteiger partial charge in [-0.05, 0) is 27.7 Å². The lowest BCUT2D eigenvalue weighted by Crippen LogP contribution is -2.24. The third-order valence-electron chi connectivity index (χ3n) is 1.99. The van der Waals surface area contributed by atoms with E-state index in [2.05, 4.69) is 6.92 Å². The van der Waals surface area contributed by atoms with Gasteiger partial charge in [-0.2, -0.15) is 0 Å². The van der Waals surface area contributed by atoms with E-state index in [1.54, 1.807) is 13.8 Å². The van der Waals surface area contributed by atoms with Crippen LogP contribution in [0.15, 0.2) is 0 Å². The van der Waals surface area contributed by atoms with Crippen molar-refractivity contribution in [3.05, 3.63) is 0 Å². The average molecular weight is 250 g/mol. The molecule has 4 atom stereocenters. The van der Waals surface area contributed by atoms with Gasteiger partial charge in [0, 0.05) is 0 Å². The molecule has 0 aromatic heterocycles. The van der Waals surface area contributed by atoms with Gasteiger partial charge in [0.2, 0.25) is 0 Å². The number of ether oxygens (including phenoxy) is 3. The second-order valence-corrected chi connectivity index (χ2v) is 4.46. The van der Waals surface area contributed by atoms with Crippen LogP contribution in [0.1, 0.15) is 27.7 Å². The van der Waals surface area contributed by atoms with Crippen molar-refractivity contribution in [1.82, 2.24) is 0 Å². The molecule has 0 amide bonds. The Bertz CT molecular complexity index is 170. The van der Waals surface area contributed by atoms with Crippen molar-refractivity contribution in [2.24, 2.45) is 0 Å². The third kappa shape index (κ3) is 13.7. The molecule has 0 spiro atoms. The first-order valence-corrected chi connectivity index (χ1v) is 6.09. The monoisotopic (exact) mass is 250 g/mol. The molecule has 0 radical (unpaired) electrons. The Kier molecular flexibility index (Phi) is 9.68. The molecule has 2 N–H and O–H groups in total. The summed E-state index contributed by atoms with van der Waals surface area (Å²) in [5, 5.41) is 17.6. The molecule has 1 aliphatic rings. The highest BCUT2D eigenvalue weighted by molar-refractivity contribution is 4.58. The first-order chi connectivity index (χ1) is 7.95. The van der Waals surface area contributed by atoms with Crippen molar-refractivity contribution in [2.75, 3.05) is 26.4 Å². The highest BCUT2D eigenvalue weighted by Gasteiger charge is 2.13. The number of epoxide rings is 1. The molecule has 5 nitrogen and oxygen atoms in total. The van der Waals surface area contributed by atoms with Crippen molar-refractivity contribution < 1.29 is 24.4 Å². The highest BCUT2D eigenvalue weighted by atomic mass is 16.6. The van der Waals surface area contributed by atoms with Crippen LogP contribution in [0.4, 0.5) is 0 Å². The lowest BCUT2D eigenvalue weighted by atomic mass is 10.4. The molecule has 0 aromatic carbocycles. The molecule has 0 aliphatic carbocycles. The summed E-state index contributed by atoms with van der Waals surface area (Å²) in [5.41, 5.74) is 0. The fourth-order valence-corrected chi connectivity index (χ4v) is 0.800. The molecule has 1 heterocycles. The maximum absolute atomic E-state index is 8.92. The summed E-state index contributed by atoms with van der Waals surface area (Å²) in [6, 6.07) is 0. The summed E-state index contributed by atoms with van der Waals surface area (Å²) in [6.07, 6.45) is -0.0704. The largest absolute Gasteiger partial charge is 0.394 e. The zero-order chi connectivity index (χ0) is 13.3. The highest BCUT2D eigenvalue weighted by Crippen LogP contribution is 2.04. The van der Waals surface area contributed by atoms with Gasteiger partial charge in [-0.3, -0.25) is 0 Å². The van der Waals surface area contributed by atoms with E-state index in [1.165, 1.54) is 0 Å². The third-order valence-corrected chi connectivity index (χ3v) is 1.99. The van der Waals surface area contributed by atoms with Gasteiger partial charge in [0.1, 0.15) is 0 Å². The normalized spacial score (nSPS) is 23.3. The van der Waals surface area contributed by atoms with Crippen LogP contribution < -0.4 is 0 Å². The minimum atomic E-state index is -0.447. The first kappa shape index (κ1) is 16.8. The maximum atomic E-state index is 8.92. The molecule has 0 bridgehead atoms. The van der Waals surface area contributed by atoms with Gasteiger partial charge in [-0.15, -0.1) is 0 Å². The van der Waals surface area contributed by atoms with Gasteiger partial charge in [0.25, 0.3) is 0 Å². The topological polar surface area (TPSA) is 71.5 Å². The van der Waals surface area contributed by atoms with Gasteiger partial charge in [-0.1, -0.05) is 0 Å². The standard InChI is InChI=1S/C9H20O4.C3H6O/c1-7(11)5-12-9(3)6-13-8(2)4-10;1-3-2-4-3/h7-11H,4-6H2,1-3H3;3H,2H2,1H3. The average Bonchev–Trinajstić information content (AvgIpc) is 3.06. The van der Waals surface area contributed by atoms with E-state index in [0.717, 1.165) is 6.61 Å². The molecule has 1 rings (SSSR count). The minimum absolute atomic E-state index is 0.0170. The molecule has 1 saturated heterocycles. The van der Waals surface area contributed by atoms with Gasteiger partial charge < -0.3 is 24.4 Å². The predicted octanol–water partition coefficient (Wildman–Crippen LogP) is 0.575. The Hall–Kier alpha value is -0.200. The summed E-state index contributed by atoms with van der Waals surface area (Å²) in [6.45, 7) is 9.15. The van der Waals surface area contributed by atoms with E-state index in [0.29, 0.717) is 19.3 Å². The quantitative estimate of drug-likeness (QED) is 0.647. The molecule has 1 fully saturated rings. The summed E-state index contributed by atoms with van der Waals surface area (Å²) >= 11 is 0. The molecule has 5 heteroatoms. The number of aliphatic hydroxyl groups is 2. The predicted molar refractivity (Wildman–Crippen MR) is 65.0 cm³/mol. The molecule has 4 unspecified atom stereocenters. The molecular weight excluding hydrogens is 224 g/mol. The second-order valence-electron chi connectivity index (χ2n) is 4.46. The summed E-state index contributed by atoms with van der Waals surface area (Å²) in [4.78, 5) is 0. The molecular formula is C12H26O5. The number of aliphatic hydroxyl groups excluding tert-OH is 2. The molecule has 0 aromatic rings. The van der Waals surface area contributed by atoms with Crippen LogP contribution in [0.2, 0.25) is 0 Å². The van der Waals surface area contributed by atoms with Crippen molar-refractivity contribution in [3.8, 4) is 0 Å². The Morgan fingerprint density at radius 1 is 1.18 bits per heavy atom. The summed E-state index contributed by atoms with van der Waals surface area (Å²) in [7, 11) is 0. The number of rotatable bonds is 7. The SMILES string of the molecule is CC(O)COC(C)COC(C)CO.CC1CO1. The second kappa shape index (κ2) is 9.79. The van der Waals surface area contributed by atoms with Crippen molar-refractivity contribution in [1.29, 1.82) is 0 Å². The van der Waals surface area contributed by atoms with E-state index in [9.17, 15) is 0 Å². The Labute approximate surface area is 104 Å². The lowest BCUT2D eigenvalue weighted by Gasteiger charge is -2.16. The van der Waals surface area contributed by atoms with Crippen LogP contribution in [0.5, 0.6) is 0 Å². The van der Waals surface area contributed by atoms with Crippen molar-refractivity contribution in [2.45, 2.75) is 52.1 Å². The Morgan fingerprint density at radius 2 is 1.65 bits per heavy atom.